The minimum Gasteiger partial charge on any atom is -0.486 e. The molecule has 26 heavy (non-hydrogen) atoms. The number of fused-ring (bicyclic) bond motifs is 2. The second kappa shape index (κ2) is 6.31. The molecule has 1 aliphatic heterocycles. The first-order chi connectivity index (χ1) is 12.6. The molecule has 0 saturated heterocycles. The molecule has 6 nitrogen and oxygen atoms in total. The predicted octanol–water partition coefficient (Wildman–Crippen LogP) is 2.55. The molecule has 1 atom stereocenters. The summed E-state index contributed by atoms with van der Waals surface area (Å²) >= 11 is 0. The second-order valence-electron chi connectivity index (χ2n) is 6.25. The van der Waals surface area contributed by atoms with Crippen LogP contribution in [0.2, 0.25) is 0 Å². The lowest BCUT2D eigenvalue weighted by molar-refractivity contribution is 0.102. The number of H-pyrrole nitrogens is 1. The van der Waals surface area contributed by atoms with Crippen molar-refractivity contribution >= 4 is 16.6 Å². The number of hydrogen-bond acceptors (Lipinski definition) is 5. The number of rotatable bonds is 3. The van der Waals surface area contributed by atoms with E-state index in [1.54, 1.807) is 36.4 Å². The summed E-state index contributed by atoms with van der Waals surface area (Å²) in [6.45, 7) is 2.63. The van der Waals surface area contributed by atoms with Crippen molar-refractivity contribution in [1.82, 2.24) is 4.98 Å². The molecule has 0 saturated carbocycles. The van der Waals surface area contributed by atoms with Gasteiger partial charge < -0.3 is 20.2 Å². The normalized spacial score (nSPS) is 14.2. The summed E-state index contributed by atoms with van der Waals surface area (Å²) in [5.74, 6) is 0.715. The first-order valence-corrected chi connectivity index (χ1v) is 8.41. The second-order valence-corrected chi connectivity index (χ2v) is 6.25. The largest absolute Gasteiger partial charge is 0.486 e. The van der Waals surface area contributed by atoms with Gasteiger partial charge in [-0.15, -0.1) is 0 Å². The Labute approximate surface area is 149 Å². The van der Waals surface area contributed by atoms with Gasteiger partial charge in [-0.1, -0.05) is 18.2 Å². The van der Waals surface area contributed by atoms with Gasteiger partial charge in [0.05, 0.1) is 5.56 Å². The summed E-state index contributed by atoms with van der Waals surface area (Å²) < 4.78 is 11.5. The zero-order valence-corrected chi connectivity index (χ0v) is 14.2. The molecule has 3 aromatic rings. The van der Waals surface area contributed by atoms with Crippen molar-refractivity contribution in [3.8, 4) is 11.5 Å². The third-order valence-electron chi connectivity index (χ3n) is 4.51. The molecular formula is C20H18N2O4. The fourth-order valence-corrected chi connectivity index (χ4v) is 3.26. The van der Waals surface area contributed by atoms with Gasteiger partial charge in [0.25, 0.3) is 5.56 Å². The number of carbonyl (C=O) groups is 1. The molecule has 2 aromatic carbocycles. The zero-order chi connectivity index (χ0) is 18.3. The van der Waals surface area contributed by atoms with Gasteiger partial charge in [-0.3, -0.25) is 9.59 Å². The highest BCUT2D eigenvalue weighted by Crippen LogP contribution is 2.40. The van der Waals surface area contributed by atoms with Crippen LogP contribution in [0.4, 0.5) is 0 Å². The Morgan fingerprint density at radius 1 is 1.04 bits per heavy atom. The number of nitrogens with two attached hydrogens (primary N) is 1. The van der Waals surface area contributed by atoms with E-state index in [0.717, 1.165) is 5.56 Å². The lowest BCUT2D eigenvalue weighted by atomic mass is 9.95. The van der Waals surface area contributed by atoms with Crippen LogP contribution in [0.5, 0.6) is 11.5 Å². The minimum absolute atomic E-state index is 0.223. The van der Waals surface area contributed by atoms with Crippen molar-refractivity contribution in [2.75, 3.05) is 13.2 Å². The fraction of sp³-hybridized carbons (Fsp3) is 0.200. The van der Waals surface area contributed by atoms with E-state index in [-0.39, 0.29) is 17.4 Å². The van der Waals surface area contributed by atoms with Crippen LogP contribution in [-0.4, -0.2) is 24.0 Å². The lowest BCUT2D eigenvalue weighted by Gasteiger charge is -2.24. The molecule has 0 amide bonds. The standard InChI is InChI=1S/C20H18N2O4/c1-11(21)12-5-6-16(19-18(12)25-9-10-26-19)17(23)14-3-2-4-15-13(14)7-8-22-20(15)24/h2-8,11H,9-10,21H2,1H3,(H,22,24)/t11-/m1/s1. The Kier molecular flexibility index (Phi) is 3.97. The Balaban J connectivity index is 1.91. The topological polar surface area (TPSA) is 94.4 Å². The summed E-state index contributed by atoms with van der Waals surface area (Å²) in [6, 6.07) is 10.1. The molecule has 0 fully saturated rings. The molecule has 0 unspecified atom stereocenters. The molecule has 0 spiro atoms. The van der Waals surface area contributed by atoms with Crippen LogP contribution in [-0.2, 0) is 0 Å². The third kappa shape index (κ3) is 2.55. The molecule has 2 heterocycles. The van der Waals surface area contributed by atoms with Crippen LogP contribution in [0.3, 0.4) is 0 Å². The SMILES string of the molecule is C[C@@H](N)c1ccc(C(=O)c2cccc3c(=O)[nH]ccc23)c2c1OCCO2. The van der Waals surface area contributed by atoms with Gasteiger partial charge in [-0.05, 0) is 30.5 Å². The summed E-state index contributed by atoms with van der Waals surface area (Å²) in [6.07, 6.45) is 1.54. The van der Waals surface area contributed by atoms with Gasteiger partial charge in [0.15, 0.2) is 17.3 Å². The summed E-state index contributed by atoms with van der Waals surface area (Å²) in [5, 5.41) is 1.07. The molecule has 6 heteroatoms. The molecule has 0 aliphatic carbocycles. The monoisotopic (exact) mass is 350 g/mol. The smallest absolute Gasteiger partial charge is 0.255 e. The average molecular weight is 350 g/mol. The number of hydrogen-bond donors (Lipinski definition) is 2. The van der Waals surface area contributed by atoms with E-state index in [1.165, 1.54) is 6.20 Å². The first kappa shape index (κ1) is 16.4. The molecule has 0 radical (unpaired) electrons. The van der Waals surface area contributed by atoms with Gasteiger partial charge in [-0.25, -0.2) is 0 Å². The highest BCUT2D eigenvalue weighted by molar-refractivity contribution is 6.17. The maximum Gasteiger partial charge on any atom is 0.255 e. The summed E-state index contributed by atoms with van der Waals surface area (Å²) in [7, 11) is 0. The Bertz CT molecular complexity index is 1070. The van der Waals surface area contributed by atoms with Crippen molar-refractivity contribution in [2.45, 2.75) is 13.0 Å². The first-order valence-electron chi connectivity index (χ1n) is 8.41. The highest BCUT2D eigenvalue weighted by atomic mass is 16.6. The number of aromatic nitrogens is 1. The summed E-state index contributed by atoms with van der Waals surface area (Å²) in [5.41, 5.74) is 7.42. The van der Waals surface area contributed by atoms with Crippen molar-refractivity contribution in [3.05, 3.63) is 69.6 Å². The zero-order valence-electron chi connectivity index (χ0n) is 14.2. The van der Waals surface area contributed by atoms with Gasteiger partial charge in [0, 0.05) is 28.8 Å². The number of pyridine rings is 1. The number of aromatic amines is 1. The van der Waals surface area contributed by atoms with E-state index in [1.807, 2.05) is 6.92 Å². The highest BCUT2D eigenvalue weighted by Gasteiger charge is 2.26. The minimum atomic E-state index is -0.245. The van der Waals surface area contributed by atoms with E-state index >= 15 is 0 Å². The number of ether oxygens (including phenoxy) is 2. The number of ketones is 1. The fourth-order valence-electron chi connectivity index (χ4n) is 3.26. The molecule has 1 aliphatic rings. The van der Waals surface area contributed by atoms with E-state index < -0.39 is 0 Å². The Morgan fingerprint density at radius 2 is 1.81 bits per heavy atom. The van der Waals surface area contributed by atoms with E-state index in [0.29, 0.717) is 46.6 Å². The van der Waals surface area contributed by atoms with Crippen LogP contribution in [0.25, 0.3) is 10.8 Å². The summed E-state index contributed by atoms with van der Waals surface area (Å²) in [4.78, 5) is 27.9. The predicted molar refractivity (Wildman–Crippen MR) is 98.0 cm³/mol. The number of benzene rings is 2. The van der Waals surface area contributed by atoms with E-state index in [4.69, 9.17) is 15.2 Å². The van der Waals surface area contributed by atoms with Crippen molar-refractivity contribution in [1.29, 1.82) is 0 Å². The Hall–Kier alpha value is -3.12. The van der Waals surface area contributed by atoms with E-state index in [2.05, 4.69) is 4.98 Å². The van der Waals surface area contributed by atoms with Crippen LogP contribution < -0.4 is 20.8 Å². The molecule has 4 rings (SSSR count). The van der Waals surface area contributed by atoms with Gasteiger partial charge in [-0.2, -0.15) is 0 Å². The quantitative estimate of drug-likeness (QED) is 0.708. The Morgan fingerprint density at radius 3 is 2.58 bits per heavy atom. The molecule has 0 bridgehead atoms. The number of carbonyl (C=O) groups excluding carboxylic acids is 1. The van der Waals surface area contributed by atoms with Crippen molar-refractivity contribution in [3.63, 3.8) is 0 Å². The molecular weight excluding hydrogens is 332 g/mol. The van der Waals surface area contributed by atoms with Crippen LogP contribution in [0.1, 0.15) is 34.5 Å². The lowest BCUT2D eigenvalue weighted by Crippen LogP contribution is -2.21. The maximum atomic E-state index is 13.2. The number of nitrogens with one attached hydrogen (secondary N) is 1. The maximum absolute atomic E-state index is 13.2. The van der Waals surface area contributed by atoms with Crippen molar-refractivity contribution < 1.29 is 14.3 Å². The molecule has 3 N–H and O–H groups in total. The van der Waals surface area contributed by atoms with Crippen molar-refractivity contribution in [2.24, 2.45) is 5.73 Å². The van der Waals surface area contributed by atoms with Crippen LogP contribution in [0.15, 0.2) is 47.4 Å². The van der Waals surface area contributed by atoms with Gasteiger partial charge >= 0.3 is 0 Å². The average Bonchev–Trinajstić information content (AvgIpc) is 2.66. The molecule has 132 valence electrons. The van der Waals surface area contributed by atoms with Crippen LogP contribution in [0, 0.1) is 0 Å². The third-order valence-corrected chi connectivity index (χ3v) is 4.51. The van der Waals surface area contributed by atoms with Gasteiger partial charge in [0.1, 0.15) is 13.2 Å². The van der Waals surface area contributed by atoms with Gasteiger partial charge in [0.2, 0.25) is 0 Å². The van der Waals surface area contributed by atoms with E-state index in [9.17, 15) is 9.59 Å². The molecule has 1 aromatic heterocycles. The van der Waals surface area contributed by atoms with Crippen LogP contribution >= 0.6 is 0 Å².